The Morgan fingerprint density at radius 2 is 2.19 bits per heavy atom. The highest BCUT2D eigenvalue weighted by Gasteiger charge is 2.35. The Morgan fingerprint density at radius 1 is 1.38 bits per heavy atom. The fourth-order valence-corrected chi connectivity index (χ4v) is 3.29. The van der Waals surface area contributed by atoms with Crippen molar-refractivity contribution in [2.45, 2.75) is 25.3 Å². The summed E-state index contributed by atoms with van der Waals surface area (Å²) in [4.78, 5) is 25.5. The second kappa shape index (κ2) is 5.64. The van der Waals surface area contributed by atoms with E-state index in [1.54, 1.807) is 4.90 Å². The molecular weight excluding hydrogens is 295 g/mol. The van der Waals surface area contributed by atoms with Crippen molar-refractivity contribution < 1.29 is 14.0 Å². The van der Waals surface area contributed by atoms with Crippen LogP contribution in [0.2, 0.25) is 5.02 Å². The van der Waals surface area contributed by atoms with Crippen LogP contribution in [0, 0.1) is 11.7 Å². The van der Waals surface area contributed by atoms with Crippen molar-refractivity contribution in [2.75, 3.05) is 13.1 Å². The number of carbonyl (C=O) groups excluding carboxylic acids is 2. The molecule has 2 saturated heterocycles. The Bertz CT molecular complexity index is 593. The lowest BCUT2D eigenvalue weighted by Gasteiger charge is -2.41. The third-order valence-corrected chi connectivity index (χ3v) is 4.51. The lowest BCUT2D eigenvalue weighted by atomic mass is 9.85. The van der Waals surface area contributed by atoms with Gasteiger partial charge in [0, 0.05) is 30.6 Å². The first-order chi connectivity index (χ1) is 10.0. The number of carbonyl (C=O) groups is 2. The molecule has 2 aliphatic rings. The number of halogens is 2. The summed E-state index contributed by atoms with van der Waals surface area (Å²) in [5.41, 5.74) is 0.0534. The van der Waals surface area contributed by atoms with E-state index in [-0.39, 0.29) is 34.4 Å². The fraction of sp³-hybridized carbons (Fsp3) is 0.467. The van der Waals surface area contributed by atoms with Crippen LogP contribution in [0.25, 0.3) is 0 Å². The molecule has 2 atom stereocenters. The minimum Gasteiger partial charge on any atom is -0.353 e. The molecule has 2 fully saturated rings. The summed E-state index contributed by atoms with van der Waals surface area (Å²) in [6, 6.07) is 4.24. The topological polar surface area (TPSA) is 49.4 Å². The second-order valence-electron chi connectivity index (χ2n) is 5.64. The molecule has 0 saturated carbocycles. The van der Waals surface area contributed by atoms with E-state index in [4.69, 9.17) is 11.6 Å². The molecule has 21 heavy (non-hydrogen) atoms. The maximum atomic E-state index is 13.9. The summed E-state index contributed by atoms with van der Waals surface area (Å²) in [5.74, 6) is -0.554. The van der Waals surface area contributed by atoms with Crippen molar-refractivity contribution in [2.24, 2.45) is 5.92 Å². The molecule has 1 aromatic rings. The Balaban J connectivity index is 1.73. The molecule has 2 unspecified atom stereocenters. The van der Waals surface area contributed by atoms with Gasteiger partial charge in [-0.15, -0.1) is 0 Å². The zero-order chi connectivity index (χ0) is 15.0. The lowest BCUT2D eigenvalue weighted by molar-refractivity contribution is -0.125. The monoisotopic (exact) mass is 310 g/mol. The van der Waals surface area contributed by atoms with Gasteiger partial charge < -0.3 is 10.2 Å². The average molecular weight is 311 g/mol. The van der Waals surface area contributed by atoms with E-state index >= 15 is 0 Å². The molecule has 0 spiro atoms. The second-order valence-corrected chi connectivity index (χ2v) is 6.07. The molecule has 1 aromatic carbocycles. The Morgan fingerprint density at radius 3 is 2.95 bits per heavy atom. The lowest BCUT2D eigenvalue weighted by Crippen LogP contribution is -2.55. The summed E-state index contributed by atoms with van der Waals surface area (Å²) in [7, 11) is 0. The van der Waals surface area contributed by atoms with Crippen molar-refractivity contribution in [1.82, 2.24) is 10.2 Å². The summed E-state index contributed by atoms with van der Waals surface area (Å²) < 4.78 is 13.9. The summed E-state index contributed by atoms with van der Waals surface area (Å²) >= 11 is 5.71. The first-order valence-corrected chi connectivity index (χ1v) is 7.46. The highest BCUT2D eigenvalue weighted by Crippen LogP contribution is 2.27. The SMILES string of the molecule is O=C1CCC2CN(C(=O)c3ccc(Cl)cc3F)CCC2N1. The number of amides is 2. The first-order valence-electron chi connectivity index (χ1n) is 7.08. The van der Waals surface area contributed by atoms with E-state index in [2.05, 4.69) is 5.32 Å². The van der Waals surface area contributed by atoms with Crippen LogP contribution in [0.4, 0.5) is 4.39 Å². The largest absolute Gasteiger partial charge is 0.353 e. The number of hydrogen-bond donors (Lipinski definition) is 1. The molecule has 3 rings (SSSR count). The number of fused-ring (bicyclic) bond motifs is 1. The van der Waals surface area contributed by atoms with E-state index in [9.17, 15) is 14.0 Å². The van der Waals surface area contributed by atoms with Gasteiger partial charge in [-0.1, -0.05) is 11.6 Å². The predicted molar refractivity (Wildman–Crippen MR) is 76.6 cm³/mol. The van der Waals surface area contributed by atoms with Crippen molar-refractivity contribution in [3.8, 4) is 0 Å². The maximum absolute atomic E-state index is 13.9. The van der Waals surface area contributed by atoms with Crippen molar-refractivity contribution >= 4 is 23.4 Å². The average Bonchev–Trinajstić information content (AvgIpc) is 2.46. The summed E-state index contributed by atoms with van der Waals surface area (Å²) in [6.45, 7) is 1.09. The molecule has 0 bridgehead atoms. The van der Waals surface area contributed by atoms with Crippen LogP contribution >= 0.6 is 11.6 Å². The molecule has 112 valence electrons. The van der Waals surface area contributed by atoms with Crippen LogP contribution in [0.15, 0.2) is 18.2 Å². The number of likely N-dealkylation sites (tertiary alicyclic amines) is 1. The smallest absolute Gasteiger partial charge is 0.256 e. The summed E-state index contributed by atoms with van der Waals surface area (Å²) in [6.07, 6.45) is 2.00. The van der Waals surface area contributed by atoms with Crippen molar-refractivity contribution in [3.63, 3.8) is 0 Å². The molecule has 0 radical (unpaired) electrons. The standard InChI is InChI=1S/C15H16ClFN2O2/c16-10-2-3-11(12(17)7-10)15(21)19-6-5-13-9(8-19)1-4-14(20)18-13/h2-3,7,9,13H,1,4-6,8H2,(H,18,20). The van der Waals surface area contributed by atoms with Crippen LogP contribution < -0.4 is 5.32 Å². The minimum absolute atomic E-state index is 0.0534. The number of benzene rings is 1. The molecule has 2 aliphatic heterocycles. The van der Waals surface area contributed by atoms with Gasteiger partial charge in [0.25, 0.3) is 5.91 Å². The highest BCUT2D eigenvalue weighted by molar-refractivity contribution is 6.30. The molecule has 1 N–H and O–H groups in total. The Hall–Kier alpha value is -1.62. The van der Waals surface area contributed by atoms with Crippen molar-refractivity contribution in [1.29, 1.82) is 0 Å². The van der Waals surface area contributed by atoms with Gasteiger partial charge in [-0.05, 0) is 37.0 Å². The molecular formula is C15H16ClFN2O2. The molecule has 2 heterocycles. The zero-order valence-corrected chi connectivity index (χ0v) is 12.2. The van der Waals surface area contributed by atoms with Crippen LogP contribution in [0.1, 0.15) is 29.6 Å². The molecule has 0 aromatic heterocycles. The molecule has 0 aliphatic carbocycles. The van der Waals surface area contributed by atoms with Crippen LogP contribution in [0.5, 0.6) is 0 Å². The highest BCUT2D eigenvalue weighted by atomic mass is 35.5. The third kappa shape index (κ3) is 2.88. The van der Waals surface area contributed by atoms with Gasteiger partial charge in [0.1, 0.15) is 5.82 Å². The van der Waals surface area contributed by atoms with Crippen LogP contribution in [0.3, 0.4) is 0 Å². The molecule has 4 nitrogen and oxygen atoms in total. The van der Waals surface area contributed by atoms with Gasteiger partial charge in [-0.2, -0.15) is 0 Å². The number of nitrogens with zero attached hydrogens (tertiary/aromatic N) is 1. The van der Waals surface area contributed by atoms with Gasteiger partial charge >= 0.3 is 0 Å². The van der Waals surface area contributed by atoms with E-state index in [0.29, 0.717) is 19.5 Å². The van der Waals surface area contributed by atoms with Crippen LogP contribution in [-0.4, -0.2) is 35.8 Å². The van der Waals surface area contributed by atoms with Crippen LogP contribution in [-0.2, 0) is 4.79 Å². The van der Waals surface area contributed by atoms with Gasteiger partial charge in [-0.25, -0.2) is 4.39 Å². The summed E-state index contributed by atoms with van der Waals surface area (Å²) in [5, 5.41) is 3.24. The van der Waals surface area contributed by atoms with Gasteiger partial charge in [-0.3, -0.25) is 9.59 Å². The fourth-order valence-electron chi connectivity index (χ4n) is 3.13. The van der Waals surface area contributed by atoms with Gasteiger partial charge in [0.2, 0.25) is 5.91 Å². The quantitative estimate of drug-likeness (QED) is 0.864. The normalized spacial score (nSPS) is 25.2. The van der Waals surface area contributed by atoms with Gasteiger partial charge in [0.15, 0.2) is 0 Å². The Labute approximate surface area is 127 Å². The maximum Gasteiger partial charge on any atom is 0.256 e. The number of nitrogens with one attached hydrogen (secondary N) is 1. The third-order valence-electron chi connectivity index (χ3n) is 4.27. The van der Waals surface area contributed by atoms with Gasteiger partial charge in [0.05, 0.1) is 5.56 Å². The zero-order valence-electron chi connectivity index (χ0n) is 11.4. The number of rotatable bonds is 1. The Kier molecular flexibility index (Phi) is 3.85. The first kappa shape index (κ1) is 14.3. The predicted octanol–water partition coefficient (Wildman–Crippen LogP) is 2.22. The van der Waals surface area contributed by atoms with E-state index in [1.165, 1.54) is 12.1 Å². The number of hydrogen-bond acceptors (Lipinski definition) is 2. The van der Waals surface area contributed by atoms with Crippen molar-refractivity contribution in [3.05, 3.63) is 34.6 Å². The number of piperidine rings is 2. The molecule has 2 amide bonds. The van der Waals surface area contributed by atoms with E-state index < -0.39 is 5.82 Å². The minimum atomic E-state index is -0.591. The van der Waals surface area contributed by atoms with E-state index in [0.717, 1.165) is 18.9 Å². The van der Waals surface area contributed by atoms with E-state index in [1.807, 2.05) is 0 Å². The molecule has 6 heteroatoms.